The molecule has 1 aliphatic carbocycles. The maximum Gasteiger partial charge on any atom is 0.412 e. The molecule has 4 rings (SSSR count). The molecule has 0 saturated heterocycles. The third kappa shape index (κ3) is 5.88. The van der Waals surface area contributed by atoms with Crippen LogP contribution in [0.2, 0.25) is 5.02 Å². The number of halogens is 1. The fraction of sp³-hybridized carbons (Fsp3) is 0.385. The van der Waals surface area contributed by atoms with Crippen LogP contribution in [0.25, 0.3) is 11.3 Å². The SMILES string of the molecule is Cc1noc(-c2ccc(OCC3CCCCC3)cc2)c1NC(=O)O[C@H](C)c1ccccc1Cl. The Morgan fingerprint density at radius 3 is 2.61 bits per heavy atom. The second kappa shape index (κ2) is 10.8. The first kappa shape index (κ1) is 23.2. The first-order valence-corrected chi connectivity index (χ1v) is 11.8. The van der Waals surface area contributed by atoms with Gasteiger partial charge in [0.1, 0.15) is 23.2 Å². The predicted octanol–water partition coefficient (Wildman–Crippen LogP) is 7.57. The molecule has 174 valence electrons. The summed E-state index contributed by atoms with van der Waals surface area (Å²) in [5.74, 6) is 1.93. The number of ether oxygens (including phenoxy) is 2. The average Bonchev–Trinajstić information content (AvgIpc) is 3.18. The Hall–Kier alpha value is -2.99. The Kier molecular flexibility index (Phi) is 7.55. The van der Waals surface area contributed by atoms with E-state index < -0.39 is 12.2 Å². The molecule has 1 aromatic heterocycles. The van der Waals surface area contributed by atoms with Gasteiger partial charge < -0.3 is 14.0 Å². The lowest BCUT2D eigenvalue weighted by atomic mass is 9.90. The summed E-state index contributed by atoms with van der Waals surface area (Å²) in [5, 5.41) is 7.33. The van der Waals surface area contributed by atoms with Crippen molar-refractivity contribution in [1.29, 1.82) is 0 Å². The summed E-state index contributed by atoms with van der Waals surface area (Å²) in [6.45, 7) is 4.29. The Labute approximate surface area is 199 Å². The monoisotopic (exact) mass is 468 g/mol. The summed E-state index contributed by atoms with van der Waals surface area (Å²) in [6, 6.07) is 14.9. The molecule has 2 aromatic carbocycles. The molecule has 0 bridgehead atoms. The van der Waals surface area contributed by atoms with Crippen LogP contribution in [0, 0.1) is 12.8 Å². The number of amides is 1. The molecule has 0 radical (unpaired) electrons. The number of nitrogens with one attached hydrogen (secondary N) is 1. The molecule has 3 aromatic rings. The van der Waals surface area contributed by atoms with E-state index in [1.54, 1.807) is 19.9 Å². The molecular formula is C26H29ClN2O4. The normalized spacial score (nSPS) is 15.1. The van der Waals surface area contributed by atoms with Crippen molar-refractivity contribution in [2.75, 3.05) is 11.9 Å². The van der Waals surface area contributed by atoms with E-state index >= 15 is 0 Å². The molecule has 1 N–H and O–H groups in total. The summed E-state index contributed by atoms with van der Waals surface area (Å²) >= 11 is 6.21. The molecule has 33 heavy (non-hydrogen) atoms. The molecule has 1 amide bonds. The zero-order valence-corrected chi connectivity index (χ0v) is 19.7. The maximum absolute atomic E-state index is 12.6. The lowest BCUT2D eigenvalue weighted by molar-refractivity contribution is 0.121. The van der Waals surface area contributed by atoms with Crippen LogP contribution in [0.1, 0.15) is 56.4 Å². The van der Waals surface area contributed by atoms with Crippen molar-refractivity contribution in [3.05, 3.63) is 64.8 Å². The number of hydrogen-bond acceptors (Lipinski definition) is 5. The van der Waals surface area contributed by atoms with Crippen molar-refractivity contribution in [2.24, 2.45) is 5.92 Å². The second-order valence-corrected chi connectivity index (χ2v) is 8.91. The lowest BCUT2D eigenvalue weighted by Gasteiger charge is -2.21. The molecule has 1 atom stereocenters. The highest BCUT2D eigenvalue weighted by atomic mass is 35.5. The largest absolute Gasteiger partial charge is 0.493 e. The van der Waals surface area contributed by atoms with Gasteiger partial charge in [-0.3, -0.25) is 5.32 Å². The van der Waals surface area contributed by atoms with Crippen LogP contribution in [0.4, 0.5) is 10.5 Å². The minimum Gasteiger partial charge on any atom is -0.493 e. The minimum atomic E-state index is -0.609. The lowest BCUT2D eigenvalue weighted by Crippen LogP contribution is -2.17. The molecular weight excluding hydrogens is 440 g/mol. The fourth-order valence-corrected chi connectivity index (χ4v) is 4.43. The third-order valence-corrected chi connectivity index (χ3v) is 6.39. The van der Waals surface area contributed by atoms with Gasteiger partial charge in [0.25, 0.3) is 0 Å². The van der Waals surface area contributed by atoms with E-state index in [9.17, 15) is 4.79 Å². The maximum atomic E-state index is 12.6. The van der Waals surface area contributed by atoms with Gasteiger partial charge in [0.15, 0.2) is 5.76 Å². The van der Waals surface area contributed by atoms with Gasteiger partial charge in [0.2, 0.25) is 0 Å². The van der Waals surface area contributed by atoms with E-state index in [4.69, 9.17) is 25.6 Å². The summed E-state index contributed by atoms with van der Waals surface area (Å²) in [4.78, 5) is 12.6. The quantitative estimate of drug-likeness (QED) is 0.387. The predicted molar refractivity (Wildman–Crippen MR) is 129 cm³/mol. The number of carbonyl (C=O) groups is 1. The number of benzene rings is 2. The molecule has 0 unspecified atom stereocenters. The zero-order valence-electron chi connectivity index (χ0n) is 19.0. The number of carbonyl (C=O) groups excluding carboxylic acids is 1. The number of hydrogen-bond donors (Lipinski definition) is 1. The molecule has 1 aliphatic rings. The smallest absolute Gasteiger partial charge is 0.412 e. The Bertz CT molecular complexity index is 1070. The summed E-state index contributed by atoms with van der Waals surface area (Å²) < 4.78 is 17.0. The average molecular weight is 469 g/mol. The Morgan fingerprint density at radius 2 is 1.88 bits per heavy atom. The van der Waals surface area contributed by atoms with Crippen molar-refractivity contribution in [1.82, 2.24) is 5.16 Å². The van der Waals surface area contributed by atoms with Crippen LogP contribution >= 0.6 is 11.6 Å². The first-order valence-electron chi connectivity index (χ1n) is 11.4. The van der Waals surface area contributed by atoms with Gasteiger partial charge >= 0.3 is 6.09 Å². The van der Waals surface area contributed by atoms with Gasteiger partial charge in [-0.1, -0.05) is 54.2 Å². The van der Waals surface area contributed by atoms with E-state index in [0.717, 1.165) is 23.5 Å². The summed E-state index contributed by atoms with van der Waals surface area (Å²) in [6.07, 6.45) is 5.31. The molecule has 1 heterocycles. The highest BCUT2D eigenvalue weighted by Gasteiger charge is 2.21. The van der Waals surface area contributed by atoms with Crippen molar-refractivity contribution in [2.45, 2.75) is 52.1 Å². The highest BCUT2D eigenvalue weighted by molar-refractivity contribution is 6.31. The van der Waals surface area contributed by atoms with Gasteiger partial charge in [0.05, 0.1) is 6.61 Å². The number of aryl methyl sites for hydroxylation is 1. The Morgan fingerprint density at radius 1 is 1.15 bits per heavy atom. The van der Waals surface area contributed by atoms with Crippen molar-refractivity contribution >= 4 is 23.4 Å². The van der Waals surface area contributed by atoms with Gasteiger partial charge in [0, 0.05) is 16.1 Å². The van der Waals surface area contributed by atoms with Crippen LogP contribution in [0.15, 0.2) is 53.1 Å². The number of rotatable bonds is 7. The van der Waals surface area contributed by atoms with Crippen LogP contribution in [-0.4, -0.2) is 17.9 Å². The molecule has 6 nitrogen and oxygen atoms in total. The van der Waals surface area contributed by atoms with Crippen LogP contribution < -0.4 is 10.1 Å². The van der Waals surface area contributed by atoms with E-state index in [1.807, 2.05) is 42.5 Å². The molecule has 0 aliphatic heterocycles. The van der Waals surface area contributed by atoms with Crippen molar-refractivity contribution < 1.29 is 18.8 Å². The molecule has 0 spiro atoms. The number of aromatic nitrogens is 1. The van der Waals surface area contributed by atoms with Crippen LogP contribution in [0.5, 0.6) is 5.75 Å². The van der Waals surface area contributed by atoms with Gasteiger partial charge in [-0.15, -0.1) is 0 Å². The van der Waals surface area contributed by atoms with E-state index in [2.05, 4.69) is 10.5 Å². The topological polar surface area (TPSA) is 73.6 Å². The summed E-state index contributed by atoms with van der Waals surface area (Å²) in [5.41, 5.74) is 2.56. The third-order valence-electron chi connectivity index (χ3n) is 6.04. The van der Waals surface area contributed by atoms with Gasteiger partial charge in [-0.05, 0) is 62.9 Å². The fourth-order valence-electron chi connectivity index (χ4n) is 4.14. The molecule has 1 fully saturated rings. The van der Waals surface area contributed by atoms with Crippen LogP contribution in [-0.2, 0) is 4.74 Å². The first-order chi connectivity index (χ1) is 16.0. The van der Waals surface area contributed by atoms with E-state index in [0.29, 0.717) is 28.1 Å². The number of nitrogens with zero attached hydrogens (tertiary/aromatic N) is 1. The Balaban J connectivity index is 1.39. The van der Waals surface area contributed by atoms with Crippen LogP contribution in [0.3, 0.4) is 0 Å². The van der Waals surface area contributed by atoms with E-state index in [-0.39, 0.29) is 0 Å². The number of anilines is 1. The molecule has 1 saturated carbocycles. The summed E-state index contributed by atoms with van der Waals surface area (Å²) in [7, 11) is 0. The molecule has 7 heteroatoms. The van der Waals surface area contributed by atoms with E-state index in [1.165, 1.54) is 32.1 Å². The van der Waals surface area contributed by atoms with Gasteiger partial charge in [-0.25, -0.2) is 4.79 Å². The standard InChI is InChI=1S/C26H29ClN2O4/c1-17-24(28-26(30)32-18(2)22-10-6-7-11-23(22)27)25(33-29-17)20-12-14-21(15-13-20)31-16-19-8-4-3-5-9-19/h6-7,10-15,18-19H,3-5,8-9,16H2,1-2H3,(H,28,30)/t18-/m1/s1. The van der Waals surface area contributed by atoms with Crippen molar-refractivity contribution in [3.8, 4) is 17.1 Å². The van der Waals surface area contributed by atoms with Crippen molar-refractivity contribution in [3.63, 3.8) is 0 Å². The second-order valence-electron chi connectivity index (χ2n) is 8.51. The highest BCUT2D eigenvalue weighted by Crippen LogP contribution is 2.33. The minimum absolute atomic E-state index is 0.466. The zero-order chi connectivity index (χ0) is 23.2. The van der Waals surface area contributed by atoms with Gasteiger partial charge in [-0.2, -0.15) is 0 Å².